The Morgan fingerprint density at radius 3 is 2.56 bits per heavy atom. The molecule has 8 nitrogen and oxygen atoms in total. The lowest BCUT2D eigenvalue weighted by molar-refractivity contribution is 0.413. The molecule has 3 heterocycles. The van der Waals surface area contributed by atoms with Gasteiger partial charge in [0, 0.05) is 18.9 Å². The summed E-state index contributed by atoms with van der Waals surface area (Å²) in [5.41, 5.74) is 3.61. The van der Waals surface area contributed by atoms with Gasteiger partial charge in [0.05, 0.1) is 19.3 Å². The number of benzene rings is 2. The molecule has 0 radical (unpaired) electrons. The molecule has 5 aromatic rings. The van der Waals surface area contributed by atoms with Gasteiger partial charge in [0.2, 0.25) is 5.78 Å². The monoisotopic (exact) mass is 429 g/mol. The molecular formula is C24H23N5O3. The van der Waals surface area contributed by atoms with Crippen molar-refractivity contribution in [3.63, 3.8) is 0 Å². The van der Waals surface area contributed by atoms with Gasteiger partial charge in [-0.15, -0.1) is 0 Å². The van der Waals surface area contributed by atoms with E-state index in [2.05, 4.69) is 0 Å². The van der Waals surface area contributed by atoms with E-state index in [1.165, 1.54) is 9.13 Å². The van der Waals surface area contributed by atoms with Gasteiger partial charge in [-0.1, -0.05) is 42.0 Å². The summed E-state index contributed by atoms with van der Waals surface area (Å²) in [6, 6.07) is 15.4. The molecule has 0 bridgehead atoms. The zero-order valence-electron chi connectivity index (χ0n) is 18.4. The van der Waals surface area contributed by atoms with E-state index in [1.807, 2.05) is 73.1 Å². The molecule has 0 unspecified atom stereocenters. The average molecular weight is 429 g/mol. The fraction of sp³-hybridized carbons (Fsp3) is 0.208. The van der Waals surface area contributed by atoms with Gasteiger partial charge in [-0.3, -0.25) is 22.9 Å². The summed E-state index contributed by atoms with van der Waals surface area (Å²) in [6.07, 6.45) is 1.86. The largest absolute Gasteiger partial charge is 0.495 e. The van der Waals surface area contributed by atoms with Crippen molar-refractivity contribution in [2.75, 3.05) is 7.11 Å². The Hall–Kier alpha value is -4.07. The van der Waals surface area contributed by atoms with Gasteiger partial charge < -0.3 is 4.74 Å². The lowest BCUT2D eigenvalue weighted by Gasteiger charge is -2.10. The third kappa shape index (κ3) is 2.87. The number of aromatic nitrogens is 5. The van der Waals surface area contributed by atoms with E-state index in [4.69, 9.17) is 9.72 Å². The first-order chi connectivity index (χ1) is 15.4. The number of rotatable bonds is 4. The number of hydrogen-bond acceptors (Lipinski definition) is 4. The minimum Gasteiger partial charge on any atom is -0.495 e. The Bertz CT molecular complexity index is 1620. The van der Waals surface area contributed by atoms with E-state index in [1.54, 1.807) is 18.6 Å². The van der Waals surface area contributed by atoms with Crippen molar-refractivity contribution in [3.8, 4) is 11.4 Å². The molecule has 0 saturated carbocycles. The van der Waals surface area contributed by atoms with Gasteiger partial charge in [-0.05, 0) is 31.5 Å². The maximum absolute atomic E-state index is 13.5. The van der Waals surface area contributed by atoms with Crippen molar-refractivity contribution in [2.45, 2.75) is 20.4 Å². The fourth-order valence-corrected chi connectivity index (χ4v) is 4.26. The molecule has 0 N–H and O–H groups in total. The maximum Gasteiger partial charge on any atom is 0.332 e. The molecule has 0 fully saturated rings. The predicted octanol–water partition coefficient (Wildman–Crippen LogP) is 2.81. The van der Waals surface area contributed by atoms with Crippen molar-refractivity contribution in [1.29, 1.82) is 0 Å². The molecule has 0 amide bonds. The summed E-state index contributed by atoms with van der Waals surface area (Å²) in [5.74, 6) is 1.23. The first-order valence-corrected chi connectivity index (χ1v) is 10.3. The zero-order chi connectivity index (χ0) is 22.6. The van der Waals surface area contributed by atoms with Crippen LogP contribution in [0.25, 0.3) is 22.6 Å². The van der Waals surface area contributed by atoms with Crippen molar-refractivity contribution >= 4 is 16.9 Å². The normalized spacial score (nSPS) is 11.5. The predicted molar refractivity (Wildman–Crippen MR) is 123 cm³/mol. The number of imidazole rings is 2. The second kappa shape index (κ2) is 7.26. The van der Waals surface area contributed by atoms with Crippen LogP contribution >= 0.6 is 0 Å². The van der Waals surface area contributed by atoms with Crippen LogP contribution in [0, 0.1) is 13.8 Å². The number of hydrogen-bond donors (Lipinski definition) is 0. The van der Waals surface area contributed by atoms with Crippen LogP contribution in [0.1, 0.15) is 16.8 Å². The summed E-state index contributed by atoms with van der Waals surface area (Å²) < 4.78 is 11.9. The minimum absolute atomic E-state index is 0.197. The maximum atomic E-state index is 13.5. The Balaban J connectivity index is 1.81. The van der Waals surface area contributed by atoms with E-state index in [0.717, 1.165) is 22.5 Å². The van der Waals surface area contributed by atoms with Crippen molar-refractivity contribution in [2.24, 2.45) is 7.05 Å². The fourth-order valence-electron chi connectivity index (χ4n) is 4.26. The number of nitrogens with zero attached hydrogens (tertiary/aromatic N) is 5. The molecule has 0 atom stereocenters. The molecule has 0 spiro atoms. The van der Waals surface area contributed by atoms with Crippen molar-refractivity contribution < 1.29 is 4.74 Å². The number of aryl methyl sites for hydroxylation is 3. The minimum atomic E-state index is -0.398. The van der Waals surface area contributed by atoms with Gasteiger partial charge in [-0.2, -0.15) is 4.98 Å². The van der Waals surface area contributed by atoms with Crippen LogP contribution in [0.5, 0.6) is 5.75 Å². The molecule has 5 rings (SSSR count). The summed E-state index contributed by atoms with van der Waals surface area (Å²) in [7, 11) is 3.26. The van der Waals surface area contributed by atoms with Gasteiger partial charge in [0.15, 0.2) is 11.2 Å². The van der Waals surface area contributed by atoms with E-state index in [9.17, 15) is 9.59 Å². The van der Waals surface area contributed by atoms with Crippen LogP contribution in [0.3, 0.4) is 0 Å². The molecule has 3 aromatic heterocycles. The van der Waals surface area contributed by atoms with Crippen molar-refractivity contribution in [1.82, 2.24) is 23.1 Å². The van der Waals surface area contributed by atoms with E-state index >= 15 is 0 Å². The Labute approximate surface area is 183 Å². The number of para-hydroxylation sites is 2. The molecule has 8 heteroatoms. The summed E-state index contributed by atoms with van der Waals surface area (Å²) >= 11 is 0. The van der Waals surface area contributed by atoms with Crippen LogP contribution in [0.15, 0.2) is 64.3 Å². The quantitative estimate of drug-likeness (QED) is 0.440. The van der Waals surface area contributed by atoms with Crippen LogP contribution in [-0.4, -0.2) is 30.2 Å². The highest BCUT2D eigenvalue weighted by atomic mass is 16.5. The first-order valence-electron chi connectivity index (χ1n) is 10.3. The standard InChI is InChI=1S/C24H23N5O3/c1-15-8-7-9-17(12-15)14-28-22(30)20-21(26(3)24(28)31)25-23-27(20)13-16(2)29(23)18-10-5-6-11-19(18)32-4/h5-13H,14H2,1-4H3. The summed E-state index contributed by atoms with van der Waals surface area (Å²) in [4.78, 5) is 31.3. The smallest absolute Gasteiger partial charge is 0.332 e. The molecule has 0 aliphatic rings. The number of fused-ring (bicyclic) bond motifs is 3. The number of ether oxygens (including phenoxy) is 1. The summed E-state index contributed by atoms with van der Waals surface area (Å²) in [6.45, 7) is 4.13. The molecule has 0 aliphatic carbocycles. The van der Waals surface area contributed by atoms with E-state index in [-0.39, 0.29) is 12.1 Å². The second-order valence-electron chi connectivity index (χ2n) is 7.95. The molecule has 0 saturated heterocycles. The SMILES string of the molecule is COc1ccccc1-n1c(C)cn2c3c(=O)n(Cc4cccc(C)c4)c(=O)n(C)c3nc12. The third-order valence-corrected chi connectivity index (χ3v) is 5.78. The highest BCUT2D eigenvalue weighted by molar-refractivity contribution is 5.76. The molecule has 2 aromatic carbocycles. The molecule has 162 valence electrons. The topological polar surface area (TPSA) is 75.5 Å². The molecule has 0 aliphatic heterocycles. The van der Waals surface area contributed by atoms with Gasteiger partial charge in [0.1, 0.15) is 5.75 Å². The van der Waals surface area contributed by atoms with Gasteiger partial charge in [-0.25, -0.2) is 4.79 Å². The zero-order valence-corrected chi connectivity index (χ0v) is 18.4. The van der Waals surface area contributed by atoms with Gasteiger partial charge >= 0.3 is 5.69 Å². The Morgan fingerprint density at radius 2 is 1.81 bits per heavy atom. The van der Waals surface area contributed by atoms with Crippen LogP contribution in [0.4, 0.5) is 0 Å². The second-order valence-corrected chi connectivity index (χ2v) is 7.95. The van der Waals surface area contributed by atoms with Crippen LogP contribution < -0.4 is 16.0 Å². The van der Waals surface area contributed by atoms with E-state index in [0.29, 0.717) is 22.7 Å². The lowest BCUT2D eigenvalue weighted by atomic mass is 10.1. The lowest BCUT2D eigenvalue weighted by Crippen LogP contribution is -2.39. The molecule has 32 heavy (non-hydrogen) atoms. The Morgan fingerprint density at radius 1 is 1.03 bits per heavy atom. The van der Waals surface area contributed by atoms with Crippen LogP contribution in [0.2, 0.25) is 0 Å². The van der Waals surface area contributed by atoms with Crippen molar-refractivity contribution in [3.05, 3.63) is 92.4 Å². The average Bonchev–Trinajstić information content (AvgIpc) is 3.30. The van der Waals surface area contributed by atoms with Gasteiger partial charge in [0.25, 0.3) is 5.56 Å². The van der Waals surface area contributed by atoms with Crippen LogP contribution in [-0.2, 0) is 13.6 Å². The first kappa shape index (κ1) is 19.9. The van der Waals surface area contributed by atoms with E-state index < -0.39 is 5.69 Å². The third-order valence-electron chi connectivity index (χ3n) is 5.78. The summed E-state index contributed by atoms with van der Waals surface area (Å²) in [5, 5.41) is 0. The highest BCUT2D eigenvalue weighted by Crippen LogP contribution is 2.27. The highest BCUT2D eigenvalue weighted by Gasteiger charge is 2.21. The number of methoxy groups -OCH3 is 1. The molecular weight excluding hydrogens is 406 g/mol. The Kier molecular flexibility index (Phi) is 4.51.